The Labute approximate surface area is 211 Å². The molecule has 2 aromatic rings. The van der Waals surface area contributed by atoms with Gasteiger partial charge in [-0.15, -0.1) is 32.5 Å². The molecule has 5 N–H and O–H groups in total. The number of nitrogen functional groups attached to an aromatic ring is 1. The number of carboxylic acids is 1. The van der Waals surface area contributed by atoms with Crippen LogP contribution in [0.2, 0.25) is 0 Å². The van der Waals surface area contributed by atoms with E-state index in [9.17, 15) is 24.3 Å². The van der Waals surface area contributed by atoms with E-state index in [1.54, 1.807) is 12.3 Å². The van der Waals surface area contributed by atoms with Crippen LogP contribution in [0.3, 0.4) is 0 Å². The minimum Gasteiger partial charge on any atom is -0.477 e. The Morgan fingerprint density at radius 2 is 2.25 bits per heavy atom. The van der Waals surface area contributed by atoms with Gasteiger partial charge in [0.05, 0.1) is 19.0 Å². The molecule has 2 aromatic heterocycles. The van der Waals surface area contributed by atoms with Crippen molar-refractivity contribution >= 4 is 63.5 Å². The molecule has 36 heavy (non-hydrogen) atoms. The number of oxime groups is 1. The third kappa shape index (κ3) is 4.07. The molecule has 1 fully saturated rings. The largest absolute Gasteiger partial charge is 0.477 e. The number of nitrogens with one attached hydrogen (secondary N) is 2. The standard InChI is InChI=1S/C20H20N8O6S2/c1-34-25-13(10-8-36-20(21)22-10)16(30)24-14-17(31)28-15(19(32)33)9(7-35-18(14)28)6-26-4-2-11-23-12(29)3-5-27(11)26/h2,4,8,14,18H,3,5-7H2,1H3,(H4,21,22,24,30,32,33)/p+1/t14-,18-/m1/s1. The lowest BCUT2D eigenvalue weighted by molar-refractivity contribution is -0.767. The van der Waals surface area contributed by atoms with Crippen LogP contribution in [0.1, 0.15) is 12.1 Å². The van der Waals surface area contributed by atoms with E-state index >= 15 is 0 Å². The molecule has 5 heterocycles. The molecular weight excluding hydrogens is 512 g/mol. The van der Waals surface area contributed by atoms with Gasteiger partial charge in [-0.1, -0.05) is 5.16 Å². The van der Waals surface area contributed by atoms with E-state index in [0.29, 0.717) is 30.1 Å². The highest BCUT2D eigenvalue weighted by atomic mass is 32.2. The van der Waals surface area contributed by atoms with Gasteiger partial charge in [0.15, 0.2) is 29.4 Å². The number of amides is 3. The van der Waals surface area contributed by atoms with Gasteiger partial charge in [-0.3, -0.25) is 19.3 Å². The SMILES string of the molecule is CON=C(C(=O)N[C@@H]1C(=O)N2C(C(=O)O)=C(C[n+]3ccc4n3CCC(=O)N4)CS[C@H]12)c1csc(N)n1. The molecule has 0 spiro atoms. The van der Waals surface area contributed by atoms with Crippen molar-refractivity contribution in [3.05, 3.63) is 34.6 Å². The summed E-state index contributed by atoms with van der Waals surface area (Å²) >= 11 is 2.48. The van der Waals surface area contributed by atoms with Crippen molar-refractivity contribution < 1.29 is 33.8 Å². The molecule has 5 rings (SSSR count). The second kappa shape index (κ2) is 9.27. The van der Waals surface area contributed by atoms with Gasteiger partial charge in [-0.25, -0.2) is 9.78 Å². The highest BCUT2D eigenvalue weighted by Gasteiger charge is 2.55. The monoisotopic (exact) mass is 533 g/mol. The van der Waals surface area contributed by atoms with Gasteiger partial charge in [0.1, 0.15) is 29.9 Å². The molecule has 0 unspecified atom stereocenters. The van der Waals surface area contributed by atoms with Crippen LogP contribution < -0.4 is 21.0 Å². The molecule has 0 aromatic carbocycles. The van der Waals surface area contributed by atoms with E-state index in [0.717, 1.165) is 11.3 Å². The Bertz CT molecular complexity index is 1350. The minimum absolute atomic E-state index is 0.0783. The summed E-state index contributed by atoms with van der Waals surface area (Å²) in [6, 6.07) is 0.798. The van der Waals surface area contributed by atoms with Gasteiger partial charge in [0.2, 0.25) is 5.91 Å². The molecule has 16 heteroatoms. The molecule has 3 aliphatic rings. The number of nitrogens with zero attached hydrogens (tertiary/aromatic N) is 5. The van der Waals surface area contributed by atoms with Crippen LogP contribution in [0.15, 0.2) is 34.1 Å². The van der Waals surface area contributed by atoms with Crippen LogP contribution in [-0.2, 0) is 37.1 Å². The number of thioether (sulfide) groups is 1. The molecule has 2 atom stereocenters. The third-order valence-electron chi connectivity index (χ3n) is 5.86. The number of nitrogens with two attached hydrogens (primary N) is 1. The summed E-state index contributed by atoms with van der Waals surface area (Å²) < 4.78 is 3.66. The normalized spacial score (nSPS) is 21.4. The summed E-state index contributed by atoms with van der Waals surface area (Å²) in [5.41, 5.74) is 6.14. The lowest BCUT2D eigenvalue weighted by Crippen LogP contribution is -2.71. The van der Waals surface area contributed by atoms with Gasteiger partial charge in [-0.2, -0.15) is 0 Å². The number of carbonyl (C=O) groups is 4. The smallest absolute Gasteiger partial charge is 0.352 e. The first kappa shape index (κ1) is 23.8. The zero-order valence-corrected chi connectivity index (χ0v) is 20.5. The summed E-state index contributed by atoms with van der Waals surface area (Å²) in [4.78, 5) is 59.7. The molecular formula is C20H21N8O6S2+. The summed E-state index contributed by atoms with van der Waals surface area (Å²) in [5, 5.41) is 20.2. The van der Waals surface area contributed by atoms with Crippen molar-refractivity contribution in [2.45, 2.75) is 30.9 Å². The molecule has 14 nitrogen and oxygen atoms in total. The number of hydrogen-bond acceptors (Lipinski definition) is 10. The first-order valence-electron chi connectivity index (χ1n) is 10.7. The van der Waals surface area contributed by atoms with Gasteiger partial charge in [0.25, 0.3) is 11.8 Å². The number of hydrogen-bond donors (Lipinski definition) is 4. The molecule has 0 saturated carbocycles. The molecule has 3 aliphatic heterocycles. The first-order chi connectivity index (χ1) is 17.3. The Hall–Kier alpha value is -3.92. The predicted octanol–water partition coefficient (Wildman–Crippen LogP) is -1.05. The van der Waals surface area contributed by atoms with Crippen molar-refractivity contribution in [1.82, 2.24) is 19.9 Å². The first-order valence-corrected chi connectivity index (χ1v) is 12.6. The van der Waals surface area contributed by atoms with E-state index in [2.05, 4.69) is 20.8 Å². The van der Waals surface area contributed by atoms with Crippen molar-refractivity contribution in [2.75, 3.05) is 23.9 Å². The van der Waals surface area contributed by atoms with Crippen LogP contribution >= 0.6 is 23.1 Å². The maximum absolute atomic E-state index is 13.0. The van der Waals surface area contributed by atoms with E-state index in [1.807, 2.05) is 9.36 Å². The Balaban J connectivity index is 1.35. The maximum Gasteiger partial charge on any atom is 0.352 e. The summed E-state index contributed by atoms with van der Waals surface area (Å²) in [6.45, 7) is 0.695. The van der Waals surface area contributed by atoms with Gasteiger partial charge >= 0.3 is 5.97 Å². The van der Waals surface area contributed by atoms with E-state index < -0.39 is 29.2 Å². The predicted molar refractivity (Wildman–Crippen MR) is 128 cm³/mol. The van der Waals surface area contributed by atoms with Gasteiger partial charge in [0, 0.05) is 16.7 Å². The third-order valence-corrected chi connectivity index (χ3v) is 7.88. The number of β-lactam (4-membered cyclic amide) rings is 1. The van der Waals surface area contributed by atoms with Crippen LogP contribution in [-0.4, -0.2) is 73.4 Å². The second-order valence-corrected chi connectivity index (χ2v) is 10.0. The van der Waals surface area contributed by atoms with Crippen LogP contribution in [0.4, 0.5) is 10.9 Å². The fraction of sp³-hybridized carbons (Fsp3) is 0.350. The van der Waals surface area contributed by atoms with Crippen molar-refractivity contribution in [3.63, 3.8) is 0 Å². The van der Waals surface area contributed by atoms with Crippen LogP contribution in [0, 0.1) is 0 Å². The van der Waals surface area contributed by atoms with E-state index in [1.165, 1.54) is 29.2 Å². The molecule has 0 radical (unpaired) electrons. The Morgan fingerprint density at radius 3 is 2.94 bits per heavy atom. The number of thiazole rings is 1. The summed E-state index contributed by atoms with van der Waals surface area (Å²) in [7, 11) is 1.27. The van der Waals surface area contributed by atoms with E-state index in [-0.39, 0.29) is 34.7 Å². The van der Waals surface area contributed by atoms with Crippen molar-refractivity contribution in [2.24, 2.45) is 5.16 Å². The minimum atomic E-state index is -1.23. The number of anilines is 2. The molecule has 1 saturated heterocycles. The second-order valence-electron chi connectivity index (χ2n) is 8.03. The number of carbonyl (C=O) groups excluding carboxylic acids is 3. The number of carboxylic acid groups (broad SMARTS) is 1. The van der Waals surface area contributed by atoms with Gasteiger partial charge in [-0.05, 0) is 0 Å². The molecule has 0 aliphatic carbocycles. The van der Waals surface area contributed by atoms with Crippen molar-refractivity contribution in [3.8, 4) is 0 Å². The van der Waals surface area contributed by atoms with E-state index in [4.69, 9.17) is 10.6 Å². The average molecular weight is 534 g/mol. The number of aliphatic carboxylic acids is 1. The number of fused-ring (bicyclic) bond motifs is 2. The zero-order valence-electron chi connectivity index (χ0n) is 18.8. The number of rotatable bonds is 7. The Morgan fingerprint density at radius 1 is 1.44 bits per heavy atom. The van der Waals surface area contributed by atoms with Crippen LogP contribution in [0.5, 0.6) is 0 Å². The lowest BCUT2D eigenvalue weighted by atomic mass is 10.0. The molecule has 0 bridgehead atoms. The Kier molecular flexibility index (Phi) is 6.13. The summed E-state index contributed by atoms with van der Waals surface area (Å²) in [5.74, 6) is -1.57. The highest BCUT2D eigenvalue weighted by Crippen LogP contribution is 2.40. The fourth-order valence-electron chi connectivity index (χ4n) is 4.27. The summed E-state index contributed by atoms with van der Waals surface area (Å²) in [6.07, 6.45) is 2.07. The molecule has 188 valence electrons. The highest BCUT2D eigenvalue weighted by molar-refractivity contribution is 8.00. The van der Waals surface area contributed by atoms with Crippen LogP contribution in [0.25, 0.3) is 0 Å². The zero-order chi connectivity index (χ0) is 25.6. The average Bonchev–Trinajstić information content (AvgIpc) is 3.45. The van der Waals surface area contributed by atoms with Crippen molar-refractivity contribution in [1.29, 1.82) is 0 Å². The number of aromatic nitrogens is 3. The maximum atomic E-state index is 13.0. The quantitative estimate of drug-likeness (QED) is 0.149. The molecule has 3 amide bonds. The fourth-order valence-corrected chi connectivity index (χ4v) is 6.15. The lowest BCUT2D eigenvalue weighted by Gasteiger charge is -2.49. The van der Waals surface area contributed by atoms with Gasteiger partial charge < -0.3 is 26.3 Å². The topological polar surface area (TPSA) is 185 Å².